The Labute approximate surface area is 136 Å². The van der Waals surface area contributed by atoms with Gasteiger partial charge in [0.15, 0.2) is 0 Å². The first-order chi connectivity index (χ1) is 10.9. The maximum atomic E-state index is 12.7. The molecule has 1 aliphatic heterocycles. The highest BCUT2D eigenvalue weighted by atomic mass is 16.2. The van der Waals surface area contributed by atoms with Crippen LogP contribution in [0.3, 0.4) is 0 Å². The van der Waals surface area contributed by atoms with Crippen molar-refractivity contribution in [3.63, 3.8) is 0 Å². The summed E-state index contributed by atoms with van der Waals surface area (Å²) in [4.78, 5) is 27.9. The molecule has 0 atom stereocenters. The zero-order chi connectivity index (χ0) is 16.6. The topological polar surface area (TPSA) is 59.0 Å². The molecule has 0 radical (unpaired) electrons. The van der Waals surface area contributed by atoms with E-state index >= 15 is 0 Å². The zero-order valence-electron chi connectivity index (χ0n) is 14.1. The van der Waals surface area contributed by atoms with Crippen LogP contribution in [0.2, 0.25) is 0 Å². The highest BCUT2D eigenvalue weighted by molar-refractivity contribution is 5.94. The van der Waals surface area contributed by atoms with E-state index in [2.05, 4.69) is 35.7 Å². The second-order valence-electron chi connectivity index (χ2n) is 6.97. The summed E-state index contributed by atoms with van der Waals surface area (Å²) >= 11 is 0. The maximum Gasteiger partial charge on any atom is 0.254 e. The number of pyridine rings is 1. The molecule has 5 heteroatoms. The van der Waals surface area contributed by atoms with Gasteiger partial charge in [-0.25, -0.2) is 9.97 Å². The molecule has 1 amide bonds. The summed E-state index contributed by atoms with van der Waals surface area (Å²) in [6.07, 6.45) is 4.38. The minimum Gasteiger partial charge on any atom is -0.328 e. The van der Waals surface area contributed by atoms with E-state index in [9.17, 15) is 4.79 Å². The molecule has 2 aromatic rings. The van der Waals surface area contributed by atoms with Gasteiger partial charge in [-0.05, 0) is 18.6 Å². The third kappa shape index (κ3) is 3.09. The van der Waals surface area contributed by atoms with Crippen LogP contribution in [0.4, 0.5) is 0 Å². The van der Waals surface area contributed by atoms with Gasteiger partial charge in [0.25, 0.3) is 5.91 Å². The van der Waals surface area contributed by atoms with Crippen molar-refractivity contribution in [1.82, 2.24) is 19.9 Å². The first-order valence-corrected chi connectivity index (χ1v) is 7.98. The van der Waals surface area contributed by atoms with Crippen molar-refractivity contribution in [3.05, 3.63) is 52.9 Å². The van der Waals surface area contributed by atoms with Crippen molar-refractivity contribution in [1.29, 1.82) is 0 Å². The standard InChI is InChI=1S/C18H22N4O/c1-5-14-8-12(6-7-19-14)16(23)22-10-13-9-20-17(18(2,3)4)21-15(13)11-22/h6-9H,5,10-11H2,1-4H3. The van der Waals surface area contributed by atoms with Crippen LogP contribution in [0, 0.1) is 0 Å². The summed E-state index contributed by atoms with van der Waals surface area (Å²) in [5.74, 6) is 0.847. The van der Waals surface area contributed by atoms with E-state index in [1.165, 1.54) is 0 Å². The summed E-state index contributed by atoms with van der Waals surface area (Å²) in [6, 6.07) is 3.65. The Balaban J connectivity index is 1.82. The predicted molar refractivity (Wildman–Crippen MR) is 87.9 cm³/mol. The third-order valence-electron chi connectivity index (χ3n) is 4.04. The molecule has 3 heterocycles. The molecule has 0 saturated carbocycles. The van der Waals surface area contributed by atoms with Gasteiger partial charge in [-0.15, -0.1) is 0 Å². The van der Waals surface area contributed by atoms with E-state index in [4.69, 9.17) is 0 Å². The number of rotatable bonds is 2. The highest BCUT2D eigenvalue weighted by Crippen LogP contribution is 2.25. The number of aryl methyl sites for hydroxylation is 1. The lowest BCUT2D eigenvalue weighted by Gasteiger charge is -2.16. The molecule has 1 aliphatic rings. The Morgan fingerprint density at radius 3 is 2.74 bits per heavy atom. The Morgan fingerprint density at radius 1 is 1.26 bits per heavy atom. The van der Waals surface area contributed by atoms with Crippen LogP contribution in [-0.2, 0) is 24.9 Å². The summed E-state index contributed by atoms with van der Waals surface area (Å²) in [5, 5.41) is 0. The second kappa shape index (κ2) is 5.72. The van der Waals surface area contributed by atoms with Gasteiger partial charge < -0.3 is 4.90 Å². The summed E-state index contributed by atoms with van der Waals surface area (Å²) in [7, 11) is 0. The number of carbonyl (C=O) groups excluding carboxylic acids is 1. The number of aromatic nitrogens is 3. The minimum absolute atomic E-state index is 0.0254. The van der Waals surface area contributed by atoms with Gasteiger partial charge in [-0.2, -0.15) is 0 Å². The monoisotopic (exact) mass is 310 g/mol. The summed E-state index contributed by atoms with van der Waals surface area (Å²) in [6.45, 7) is 9.43. The molecule has 5 nitrogen and oxygen atoms in total. The van der Waals surface area contributed by atoms with Crippen LogP contribution >= 0.6 is 0 Å². The van der Waals surface area contributed by atoms with Gasteiger partial charge in [0, 0.05) is 41.2 Å². The minimum atomic E-state index is -0.0897. The molecule has 3 rings (SSSR count). The largest absolute Gasteiger partial charge is 0.328 e. The number of nitrogens with zero attached hydrogens (tertiary/aromatic N) is 4. The third-order valence-corrected chi connectivity index (χ3v) is 4.04. The fourth-order valence-electron chi connectivity index (χ4n) is 2.65. The van der Waals surface area contributed by atoms with Crippen LogP contribution in [0.5, 0.6) is 0 Å². The normalized spacial score (nSPS) is 14.0. The molecule has 23 heavy (non-hydrogen) atoms. The molecule has 0 bridgehead atoms. The van der Waals surface area contributed by atoms with Crippen LogP contribution in [-0.4, -0.2) is 25.8 Å². The van der Waals surface area contributed by atoms with Crippen LogP contribution in [0.1, 0.15) is 60.8 Å². The number of hydrogen-bond donors (Lipinski definition) is 0. The molecular weight excluding hydrogens is 288 g/mol. The van der Waals surface area contributed by atoms with E-state index in [1.807, 2.05) is 24.1 Å². The number of fused-ring (bicyclic) bond motifs is 1. The molecule has 0 fully saturated rings. The quantitative estimate of drug-likeness (QED) is 0.856. The fourth-order valence-corrected chi connectivity index (χ4v) is 2.65. The molecule has 0 saturated heterocycles. The molecule has 0 spiro atoms. The van der Waals surface area contributed by atoms with E-state index in [1.54, 1.807) is 12.3 Å². The lowest BCUT2D eigenvalue weighted by molar-refractivity contribution is 0.0750. The second-order valence-corrected chi connectivity index (χ2v) is 6.97. The average Bonchev–Trinajstić information content (AvgIpc) is 2.96. The van der Waals surface area contributed by atoms with Gasteiger partial charge in [-0.1, -0.05) is 27.7 Å². The predicted octanol–water partition coefficient (Wildman–Crippen LogP) is 2.89. The Kier molecular flexibility index (Phi) is 3.88. The zero-order valence-corrected chi connectivity index (χ0v) is 14.1. The highest BCUT2D eigenvalue weighted by Gasteiger charge is 2.28. The molecular formula is C18H22N4O. The van der Waals surface area contributed by atoms with Gasteiger partial charge in [-0.3, -0.25) is 9.78 Å². The van der Waals surface area contributed by atoms with Gasteiger partial charge in [0.2, 0.25) is 0 Å². The molecule has 0 aromatic carbocycles. The molecule has 0 unspecified atom stereocenters. The van der Waals surface area contributed by atoms with E-state index < -0.39 is 0 Å². The number of carbonyl (C=O) groups is 1. The summed E-state index contributed by atoms with van der Waals surface area (Å²) < 4.78 is 0. The molecule has 2 aromatic heterocycles. The van der Waals surface area contributed by atoms with Crippen LogP contribution < -0.4 is 0 Å². The van der Waals surface area contributed by atoms with Crippen molar-refractivity contribution >= 4 is 5.91 Å². The maximum absolute atomic E-state index is 12.7. The Bertz CT molecular complexity index is 749. The van der Waals surface area contributed by atoms with Crippen molar-refractivity contribution in [2.75, 3.05) is 0 Å². The number of hydrogen-bond acceptors (Lipinski definition) is 4. The van der Waals surface area contributed by atoms with Crippen LogP contribution in [0.25, 0.3) is 0 Å². The molecule has 120 valence electrons. The van der Waals surface area contributed by atoms with Gasteiger partial charge in [0.05, 0.1) is 12.2 Å². The lowest BCUT2D eigenvalue weighted by atomic mass is 9.95. The van der Waals surface area contributed by atoms with Crippen molar-refractivity contribution < 1.29 is 4.79 Å². The van der Waals surface area contributed by atoms with Crippen molar-refractivity contribution in [2.24, 2.45) is 0 Å². The van der Waals surface area contributed by atoms with Crippen molar-refractivity contribution in [3.8, 4) is 0 Å². The fraction of sp³-hybridized carbons (Fsp3) is 0.444. The first kappa shape index (κ1) is 15.6. The molecule has 0 aliphatic carbocycles. The Morgan fingerprint density at radius 2 is 2.04 bits per heavy atom. The SMILES string of the molecule is CCc1cc(C(=O)N2Cc3cnc(C(C)(C)C)nc3C2)ccn1. The summed E-state index contributed by atoms with van der Waals surface area (Å²) in [5.41, 5.74) is 3.53. The first-order valence-electron chi connectivity index (χ1n) is 7.98. The average molecular weight is 310 g/mol. The Hall–Kier alpha value is -2.30. The van der Waals surface area contributed by atoms with Crippen LogP contribution in [0.15, 0.2) is 24.5 Å². The van der Waals surface area contributed by atoms with Crippen molar-refractivity contribution in [2.45, 2.75) is 52.6 Å². The van der Waals surface area contributed by atoms with E-state index in [0.29, 0.717) is 18.7 Å². The van der Waals surface area contributed by atoms with E-state index in [-0.39, 0.29) is 11.3 Å². The molecule has 0 N–H and O–H groups in total. The van der Waals surface area contributed by atoms with Gasteiger partial charge in [0.1, 0.15) is 5.82 Å². The lowest BCUT2D eigenvalue weighted by Crippen LogP contribution is -2.25. The number of amides is 1. The van der Waals surface area contributed by atoms with Gasteiger partial charge >= 0.3 is 0 Å². The van der Waals surface area contributed by atoms with E-state index in [0.717, 1.165) is 29.2 Å². The smallest absolute Gasteiger partial charge is 0.254 e.